The molecule has 0 spiro atoms. The van der Waals surface area contributed by atoms with Crippen molar-refractivity contribution < 1.29 is 0 Å². The summed E-state index contributed by atoms with van der Waals surface area (Å²) in [4.78, 5) is 1.30. The third-order valence-corrected chi connectivity index (χ3v) is 4.47. The zero-order chi connectivity index (χ0) is 11.7. The Morgan fingerprint density at radius 1 is 1.06 bits per heavy atom. The second kappa shape index (κ2) is 4.50. The molecule has 0 bridgehead atoms. The van der Waals surface area contributed by atoms with Gasteiger partial charge < -0.3 is 0 Å². The Morgan fingerprint density at radius 3 is 2.76 bits per heavy atom. The highest BCUT2D eigenvalue weighted by atomic mass is 32.1. The smallest absolute Gasteiger partial charge is 0.0342 e. The Labute approximate surface area is 107 Å². The van der Waals surface area contributed by atoms with Gasteiger partial charge in [-0.3, -0.25) is 0 Å². The van der Waals surface area contributed by atoms with Crippen LogP contribution in [0, 0.1) is 0 Å². The normalized spacial score (nSPS) is 14.4. The van der Waals surface area contributed by atoms with Crippen molar-refractivity contribution in [2.75, 3.05) is 0 Å². The quantitative estimate of drug-likeness (QED) is 0.714. The monoisotopic (exact) mass is 240 g/mol. The summed E-state index contributed by atoms with van der Waals surface area (Å²) < 4.78 is 0. The van der Waals surface area contributed by atoms with Gasteiger partial charge in [-0.2, -0.15) is 0 Å². The first-order valence-electron chi connectivity index (χ1n) is 6.20. The zero-order valence-electron chi connectivity index (χ0n) is 9.91. The van der Waals surface area contributed by atoms with Crippen molar-refractivity contribution in [1.82, 2.24) is 0 Å². The third kappa shape index (κ3) is 1.96. The summed E-state index contributed by atoms with van der Waals surface area (Å²) in [5.41, 5.74) is 5.63. The molecule has 1 aromatic carbocycles. The van der Waals surface area contributed by atoms with E-state index in [0.29, 0.717) is 0 Å². The Hall–Kier alpha value is -1.34. The van der Waals surface area contributed by atoms with E-state index < -0.39 is 0 Å². The van der Waals surface area contributed by atoms with E-state index >= 15 is 0 Å². The van der Waals surface area contributed by atoms with Gasteiger partial charge in [0.05, 0.1) is 0 Å². The molecule has 0 amide bonds. The molecule has 0 unspecified atom stereocenters. The summed E-state index contributed by atoms with van der Waals surface area (Å²) in [6, 6.07) is 10.9. The molecule has 17 heavy (non-hydrogen) atoms. The number of thiophene rings is 1. The van der Waals surface area contributed by atoms with Gasteiger partial charge in [0.25, 0.3) is 0 Å². The number of benzene rings is 1. The van der Waals surface area contributed by atoms with Crippen molar-refractivity contribution in [3.05, 3.63) is 63.9 Å². The van der Waals surface area contributed by atoms with Crippen molar-refractivity contribution in [2.45, 2.75) is 25.7 Å². The van der Waals surface area contributed by atoms with Gasteiger partial charge in [0, 0.05) is 4.88 Å². The molecule has 2 aromatic rings. The summed E-state index contributed by atoms with van der Waals surface area (Å²) in [5, 5.41) is 2.12. The molecule has 1 heteroatoms. The number of fused-ring (bicyclic) bond motifs is 1. The lowest BCUT2D eigenvalue weighted by Gasteiger charge is -2.20. The van der Waals surface area contributed by atoms with Gasteiger partial charge in [0.2, 0.25) is 0 Å². The van der Waals surface area contributed by atoms with E-state index in [0.717, 1.165) is 0 Å². The van der Waals surface area contributed by atoms with Crippen LogP contribution in [0.2, 0.25) is 0 Å². The maximum Gasteiger partial charge on any atom is 0.0342 e. The van der Waals surface area contributed by atoms with Crippen molar-refractivity contribution >= 4 is 16.9 Å². The molecule has 0 N–H and O–H groups in total. The van der Waals surface area contributed by atoms with Crippen molar-refractivity contribution in [3.8, 4) is 0 Å². The van der Waals surface area contributed by atoms with E-state index in [2.05, 4.69) is 42.3 Å². The molecule has 3 rings (SSSR count). The Kier molecular flexibility index (Phi) is 2.86. The molecule has 1 aliphatic rings. The molecule has 86 valence electrons. The standard InChI is InChI=1S/C16H16S/c1-12(16-10-5-11-17-16)14-9-4-7-13-6-2-3-8-15(13)14/h4-5,7,9-11H,1-3,6,8H2. The third-order valence-electron chi connectivity index (χ3n) is 3.54. The fourth-order valence-electron chi connectivity index (χ4n) is 2.65. The van der Waals surface area contributed by atoms with Crippen LogP contribution in [0.4, 0.5) is 0 Å². The molecule has 0 saturated carbocycles. The minimum absolute atomic E-state index is 1.19. The van der Waals surface area contributed by atoms with E-state index in [1.54, 1.807) is 11.3 Å². The van der Waals surface area contributed by atoms with Gasteiger partial charge >= 0.3 is 0 Å². The molecular formula is C16H16S. The molecule has 0 fully saturated rings. The van der Waals surface area contributed by atoms with Crippen molar-refractivity contribution in [2.24, 2.45) is 0 Å². The fourth-order valence-corrected chi connectivity index (χ4v) is 3.36. The highest BCUT2D eigenvalue weighted by Crippen LogP contribution is 2.32. The molecule has 0 aliphatic heterocycles. The van der Waals surface area contributed by atoms with Crippen LogP contribution in [0.5, 0.6) is 0 Å². The summed E-state index contributed by atoms with van der Waals surface area (Å²) in [5.74, 6) is 0. The first-order chi connectivity index (χ1) is 8.36. The number of hydrogen-bond donors (Lipinski definition) is 0. The van der Waals surface area contributed by atoms with Crippen LogP contribution in [0.3, 0.4) is 0 Å². The first kappa shape index (κ1) is 10.8. The van der Waals surface area contributed by atoms with Gasteiger partial charge in [-0.05, 0) is 59.4 Å². The average Bonchev–Trinajstić information content (AvgIpc) is 2.91. The molecule has 0 saturated heterocycles. The number of aryl methyl sites for hydroxylation is 1. The predicted octanol–water partition coefficient (Wildman–Crippen LogP) is 4.69. The molecular weight excluding hydrogens is 224 g/mol. The molecule has 1 aliphatic carbocycles. The summed E-state index contributed by atoms with van der Waals surface area (Å²) >= 11 is 1.78. The average molecular weight is 240 g/mol. The zero-order valence-corrected chi connectivity index (χ0v) is 10.7. The van der Waals surface area contributed by atoms with Gasteiger partial charge in [-0.15, -0.1) is 11.3 Å². The second-order valence-electron chi connectivity index (χ2n) is 4.61. The maximum absolute atomic E-state index is 4.29. The summed E-state index contributed by atoms with van der Waals surface area (Å²) in [6.45, 7) is 4.29. The number of hydrogen-bond acceptors (Lipinski definition) is 1. The van der Waals surface area contributed by atoms with Crippen molar-refractivity contribution in [3.63, 3.8) is 0 Å². The molecule has 0 nitrogen and oxygen atoms in total. The van der Waals surface area contributed by atoms with E-state index in [9.17, 15) is 0 Å². The highest BCUT2D eigenvalue weighted by molar-refractivity contribution is 7.11. The first-order valence-corrected chi connectivity index (χ1v) is 7.08. The SMILES string of the molecule is C=C(c1cccs1)c1cccc2c1CCCC2. The van der Waals surface area contributed by atoms with Crippen LogP contribution in [-0.4, -0.2) is 0 Å². The Bertz CT molecular complexity index is 535. The van der Waals surface area contributed by atoms with Crippen molar-refractivity contribution in [1.29, 1.82) is 0 Å². The molecule has 0 radical (unpaired) electrons. The number of rotatable bonds is 2. The van der Waals surface area contributed by atoms with E-state index in [-0.39, 0.29) is 0 Å². The minimum Gasteiger partial charge on any atom is -0.144 e. The topological polar surface area (TPSA) is 0 Å². The van der Waals surface area contributed by atoms with Crippen LogP contribution in [0.25, 0.3) is 5.57 Å². The lowest BCUT2D eigenvalue weighted by molar-refractivity contribution is 0.684. The minimum atomic E-state index is 1.19. The summed E-state index contributed by atoms with van der Waals surface area (Å²) in [6.07, 6.45) is 5.11. The van der Waals surface area contributed by atoms with E-state index in [1.165, 1.54) is 52.8 Å². The largest absolute Gasteiger partial charge is 0.144 e. The lowest BCUT2D eigenvalue weighted by Crippen LogP contribution is -2.05. The van der Waals surface area contributed by atoms with Crippen LogP contribution in [-0.2, 0) is 12.8 Å². The second-order valence-corrected chi connectivity index (χ2v) is 5.55. The van der Waals surface area contributed by atoms with Crippen LogP contribution in [0.15, 0.2) is 42.3 Å². The lowest BCUT2D eigenvalue weighted by atomic mass is 9.86. The van der Waals surface area contributed by atoms with Crippen LogP contribution in [0.1, 0.15) is 34.4 Å². The maximum atomic E-state index is 4.29. The Balaban J connectivity index is 2.06. The van der Waals surface area contributed by atoms with E-state index in [4.69, 9.17) is 0 Å². The Morgan fingerprint density at radius 2 is 1.94 bits per heavy atom. The van der Waals surface area contributed by atoms with Gasteiger partial charge in [-0.25, -0.2) is 0 Å². The highest BCUT2D eigenvalue weighted by Gasteiger charge is 2.15. The molecule has 0 atom stereocenters. The van der Waals surface area contributed by atoms with Gasteiger partial charge in [0.1, 0.15) is 0 Å². The van der Waals surface area contributed by atoms with E-state index in [1.807, 2.05) is 0 Å². The fraction of sp³-hybridized carbons (Fsp3) is 0.250. The molecule has 1 aromatic heterocycles. The molecule has 1 heterocycles. The van der Waals surface area contributed by atoms with Crippen LogP contribution < -0.4 is 0 Å². The van der Waals surface area contributed by atoms with Gasteiger partial charge in [0.15, 0.2) is 0 Å². The predicted molar refractivity (Wildman–Crippen MR) is 75.5 cm³/mol. The van der Waals surface area contributed by atoms with Crippen LogP contribution >= 0.6 is 11.3 Å². The summed E-state index contributed by atoms with van der Waals surface area (Å²) in [7, 11) is 0. The van der Waals surface area contributed by atoms with Gasteiger partial charge in [-0.1, -0.05) is 30.8 Å².